The maximum atomic E-state index is 12.4. The standard InChI is InChI=1S/C16H23NO4/c1-10(2)13-9-12(11(3)21-13)14(18)17-16(15(19)20)7-5-4-6-8-16/h9-10H,4-8H2,1-3H3,(H,17,18)(H,19,20). The highest BCUT2D eigenvalue weighted by Crippen LogP contribution is 2.30. The van der Waals surface area contributed by atoms with Crippen molar-refractivity contribution in [3.8, 4) is 0 Å². The lowest BCUT2D eigenvalue weighted by Gasteiger charge is -2.33. The SMILES string of the molecule is Cc1oc(C(C)C)cc1C(=O)NC1(C(=O)O)CCCCC1. The normalized spacial score (nSPS) is 17.7. The number of rotatable bonds is 4. The fraction of sp³-hybridized carbons (Fsp3) is 0.625. The van der Waals surface area contributed by atoms with Crippen molar-refractivity contribution >= 4 is 11.9 Å². The fourth-order valence-corrected chi connectivity index (χ4v) is 2.85. The van der Waals surface area contributed by atoms with E-state index < -0.39 is 11.5 Å². The molecule has 116 valence electrons. The van der Waals surface area contributed by atoms with Crippen LogP contribution in [0, 0.1) is 6.92 Å². The second kappa shape index (κ2) is 5.92. The summed E-state index contributed by atoms with van der Waals surface area (Å²) >= 11 is 0. The van der Waals surface area contributed by atoms with Gasteiger partial charge in [-0.25, -0.2) is 4.79 Å². The van der Waals surface area contributed by atoms with Gasteiger partial charge in [0.05, 0.1) is 5.56 Å². The van der Waals surface area contributed by atoms with Crippen molar-refractivity contribution in [2.75, 3.05) is 0 Å². The van der Waals surface area contributed by atoms with E-state index in [1.54, 1.807) is 13.0 Å². The molecule has 2 N–H and O–H groups in total. The van der Waals surface area contributed by atoms with Gasteiger partial charge in [0, 0.05) is 5.92 Å². The third-order valence-corrected chi connectivity index (χ3v) is 4.22. The highest BCUT2D eigenvalue weighted by atomic mass is 16.4. The van der Waals surface area contributed by atoms with Crippen molar-refractivity contribution in [3.63, 3.8) is 0 Å². The molecule has 0 saturated heterocycles. The number of nitrogens with one attached hydrogen (secondary N) is 1. The van der Waals surface area contributed by atoms with Crippen LogP contribution in [0.3, 0.4) is 0 Å². The average molecular weight is 293 g/mol. The topological polar surface area (TPSA) is 79.5 Å². The van der Waals surface area contributed by atoms with Crippen molar-refractivity contribution in [2.45, 2.75) is 64.3 Å². The van der Waals surface area contributed by atoms with E-state index in [1.165, 1.54) is 0 Å². The van der Waals surface area contributed by atoms with E-state index in [0.29, 0.717) is 24.2 Å². The Labute approximate surface area is 124 Å². The summed E-state index contributed by atoms with van der Waals surface area (Å²) in [6, 6.07) is 1.72. The minimum Gasteiger partial charge on any atom is -0.480 e. The molecule has 1 saturated carbocycles. The summed E-state index contributed by atoms with van der Waals surface area (Å²) in [4.78, 5) is 24.0. The van der Waals surface area contributed by atoms with Crippen LogP contribution in [0.5, 0.6) is 0 Å². The van der Waals surface area contributed by atoms with E-state index in [0.717, 1.165) is 25.0 Å². The summed E-state index contributed by atoms with van der Waals surface area (Å²) < 4.78 is 5.57. The van der Waals surface area contributed by atoms with Crippen LogP contribution in [-0.2, 0) is 4.79 Å². The van der Waals surface area contributed by atoms with Crippen LogP contribution in [0.2, 0.25) is 0 Å². The Morgan fingerprint density at radius 3 is 2.38 bits per heavy atom. The van der Waals surface area contributed by atoms with Crippen LogP contribution in [0.15, 0.2) is 10.5 Å². The quantitative estimate of drug-likeness (QED) is 0.893. The smallest absolute Gasteiger partial charge is 0.329 e. The molecule has 21 heavy (non-hydrogen) atoms. The maximum Gasteiger partial charge on any atom is 0.329 e. The second-order valence-electron chi connectivity index (χ2n) is 6.18. The van der Waals surface area contributed by atoms with Crippen molar-refractivity contribution in [2.24, 2.45) is 0 Å². The molecule has 0 aromatic carbocycles. The number of amides is 1. The van der Waals surface area contributed by atoms with Gasteiger partial charge >= 0.3 is 5.97 Å². The third-order valence-electron chi connectivity index (χ3n) is 4.22. The highest BCUT2D eigenvalue weighted by molar-refractivity contribution is 5.98. The average Bonchev–Trinajstić information content (AvgIpc) is 2.82. The van der Waals surface area contributed by atoms with E-state index in [1.807, 2.05) is 13.8 Å². The second-order valence-corrected chi connectivity index (χ2v) is 6.18. The molecule has 2 rings (SSSR count). The summed E-state index contributed by atoms with van der Waals surface area (Å²) in [7, 11) is 0. The van der Waals surface area contributed by atoms with E-state index in [2.05, 4.69) is 5.32 Å². The Hall–Kier alpha value is -1.78. The first-order chi connectivity index (χ1) is 9.85. The molecule has 0 aliphatic heterocycles. The Kier molecular flexibility index (Phi) is 4.40. The zero-order valence-corrected chi connectivity index (χ0v) is 12.9. The number of furan rings is 1. The summed E-state index contributed by atoms with van der Waals surface area (Å²) in [6.45, 7) is 5.70. The Morgan fingerprint density at radius 2 is 1.90 bits per heavy atom. The third kappa shape index (κ3) is 3.12. The van der Waals surface area contributed by atoms with Crippen LogP contribution >= 0.6 is 0 Å². The fourth-order valence-electron chi connectivity index (χ4n) is 2.85. The number of carbonyl (C=O) groups excluding carboxylic acids is 1. The molecule has 1 amide bonds. The molecule has 1 aliphatic carbocycles. The van der Waals surface area contributed by atoms with Gasteiger partial charge < -0.3 is 14.8 Å². The van der Waals surface area contributed by atoms with Gasteiger partial charge in [0.15, 0.2) is 0 Å². The predicted octanol–water partition coefficient (Wildman–Crippen LogP) is 3.23. The van der Waals surface area contributed by atoms with Gasteiger partial charge in [0.2, 0.25) is 0 Å². The zero-order chi connectivity index (χ0) is 15.6. The molecule has 0 unspecified atom stereocenters. The molecular formula is C16H23NO4. The number of aryl methyl sites for hydroxylation is 1. The molecule has 0 atom stereocenters. The number of hydrogen-bond donors (Lipinski definition) is 2. The molecule has 0 radical (unpaired) electrons. The van der Waals surface area contributed by atoms with Crippen LogP contribution < -0.4 is 5.32 Å². The van der Waals surface area contributed by atoms with Gasteiger partial charge in [0.25, 0.3) is 5.91 Å². The van der Waals surface area contributed by atoms with Crippen LogP contribution in [-0.4, -0.2) is 22.5 Å². The number of carbonyl (C=O) groups is 2. The van der Waals surface area contributed by atoms with E-state index in [9.17, 15) is 14.7 Å². The van der Waals surface area contributed by atoms with Crippen LogP contribution in [0.25, 0.3) is 0 Å². The Balaban J connectivity index is 2.21. The summed E-state index contributed by atoms with van der Waals surface area (Å²) in [6.07, 6.45) is 3.65. The Morgan fingerprint density at radius 1 is 1.29 bits per heavy atom. The molecule has 5 heteroatoms. The molecule has 1 aromatic heterocycles. The van der Waals surface area contributed by atoms with Gasteiger partial charge in [-0.2, -0.15) is 0 Å². The lowest BCUT2D eigenvalue weighted by atomic mass is 9.81. The first-order valence-corrected chi connectivity index (χ1v) is 7.52. The van der Waals surface area contributed by atoms with Gasteiger partial charge in [0.1, 0.15) is 17.1 Å². The Bertz CT molecular complexity index is 538. The van der Waals surface area contributed by atoms with Gasteiger partial charge in [-0.1, -0.05) is 33.1 Å². The van der Waals surface area contributed by atoms with Crippen LogP contribution in [0.1, 0.15) is 73.7 Å². The van der Waals surface area contributed by atoms with E-state index in [4.69, 9.17) is 4.42 Å². The number of carboxylic acid groups (broad SMARTS) is 1. The molecule has 5 nitrogen and oxygen atoms in total. The number of carboxylic acids is 1. The lowest BCUT2D eigenvalue weighted by molar-refractivity contribution is -0.145. The van der Waals surface area contributed by atoms with Crippen LogP contribution in [0.4, 0.5) is 0 Å². The maximum absolute atomic E-state index is 12.4. The highest BCUT2D eigenvalue weighted by Gasteiger charge is 2.41. The lowest BCUT2D eigenvalue weighted by Crippen LogP contribution is -2.55. The minimum absolute atomic E-state index is 0.188. The monoisotopic (exact) mass is 293 g/mol. The molecule has 1 heterocycles. The molecule has 0 spiro atoms. The van der Waals surface area contributed by atoms with Crippen molar-refractivity contribution < 1.29 is 19.1 Å². The molecule has 1 aromatic rings. The first-order valence-electron chi connectivity index (χ1n) is 7.52. The largest absolute Gasteiger partial charge is 0.480 e. The number of hydrogen-bond acceptors (Lipinski definition) is 3. The number of aliphatic carboxylic acids is 1. The molecular weight excluding hydrogens is 270 g/mol. The van der Waals surface area contributed by atoms with Gasteiger partial charge in [-0.15, -0.1) is 0 Å². The van der Waals surface area contributed by atoms with Gasteiger partial charge in [-0.3, -0.25) is 4.79 Å². The summed E-state index contributed by atoms with van der Waals surface area (Å²) in [5.74, 6) is 0.166. The first kappa shape index (κ1) is 15.6. The molecule has 1 aliphatic rings. The molecule has 0 bridgehead atoms. The van der Waals surface area contributed by atoms with E-state index >= 15 is 0 Å². The summed E-state index contributed by atoms with van der Waals surface area (Å²) in [5.41, 5.74) is -0.693. The van der Waals surface area contributed by atoms with Crippen molar-refractivity contribution in [1.29, 1.82) is 0 Å². The zero-order valence-electron chi connectivity index (χ0n) is 12.9. The summed E-state index contributed by atoms with van der Waals surface area (Å²) in [5, 5.41) is 12.3. The van der Waals surface area contributed by atoms with Gasteiger partial charge in [-0.05, 0) is 25.8 Å². The van der Waals surface area contributed by atoms with Crippen molar-refractivity contribution in [1.82, 2.24) is 5.32 Å². The van der Waals surface area contributed by atoms with E-state index in [-0.39, 0.29) is 11.8 Å². The minimum atomic E-state index is -1.13. The predicted molar refractivity (Wildman–Crippen MR) is 78.5 cm³/mol. The molecule has 1 fully saturated rings. The van der Waals surface area contributed by atoms with Crippen molar-refractivity contribution in [3.05, 3.63) is 23.2 Å².